The molecule has 0 spiro atoms. The summed E-state index contributed by atoms with van der Waals surface area (Å²) in [7, 11) is 3.02. The van der Waals surface area contributed by atoms with Crippen LogP contribution < -0.4 is 19.5 Å². The van der Waals surface area contributed by atoms with E-state index in [2.05, 4.69) is 5.32 Å². The van der Waals surface area contributed by atoms with E-state index in [4.69, 9.17) is 18.9 Å². The van der Waals surface area contributed by atoms with Crippen molar-refractivity contribution in [2.45, 2.75) is 6.92 Å². The fourth-order valence-electron chi connectivity index (χ4n) is 2.04. The molecule has 0 bridgehead atoms. The second-order valence-electron chi connectivity index (χ2n) is 5.41. The smallest absolute Gasteiger partial charge is 0.344 e. The molecule has 1 amide bonds. The predicted octanol–water partition coefficient (Wildman–Crippen LogP) is 2.57. The van der Waals surface area contributed by atoms with E-state index < -0.39 is 18.5 Å². The number of methoxy groups -OCH3 is 2. The van der Waals surface area contributed by atoms with E-state index in [1.54, 1.807) is 30.3 Å². The van der Waals surface area contributed by atoms with Crippen molar-refractivity contribution in [1.29, 1.82) is 0 Å². The van der Waals surface area contributed by atoms with Crippen LogP contribution in [-0.4, -0.2) is 39.3 Å². The molecule has 0 aromatic heterocycles. The molecule has 7 heteroatoms. The van der Waals surface area contributed by atoms with Gasteiger partial charge in [0.05, 0.1) is 14.2 Å². The van der Waals surface area contributed by atoms with Crippen LogP contribution in [0, 0.1) is 6.92 Å². The molecule has 0 radical (unpaired) electrons. The van der Waals surface area contributed by atoms with Crippen LogP contribution in [0.2, 0.25) is 0 Å². The van der Waals surface area contributed by atoms with Gasteiger partial charge in [-0.3, -0.25) is 4.79 Å². The monoisotopic (exact) mass is 359 g/mol. The molecule has 0 atom stereocenters. The Hall–Kier alpha value is -3.22. The van der Waals surface area contributed by atoms with Crippen molar-refractivity contribution in [2.24, 2.45) is 0 Å². The minimum atomic E-state index is -0.635. The van der Waals surface area contributed by atoms with Crippen LogP contribution in [0.1, 0.15) is 5.56 Å². The molecule has 26 heavy (non-hydrogen) atoms. The molecule has 138 valence electrons. The van der Waals surface area contributed by atoms with Gasteiger partial charge >= 0.3 is 5.97 Å². The van der Waals surface area contributed by atoms with Crippen molar-refractivity contribution < 1.29 is 28.5 Å². The van der Waals surface area contributed by atoms with Crippen molar-refractivity contribution in [3.05, 3.63) is 48.0 Å². The summed E-state index contributed by atoms with van der Waals surface area (Å²) in [5.41, 5.74) is 1.56. The van der Waals surface area contributed by atoms with Crippen LogP contribution in [-0.2, 0) is 14.3 Å². The highest BCUT2D eigenvalue weighted by molar-refractivity contribution is 5.93. The normalized spacial score (nSPS) is 9.96. The summed E-state index contributed by atoms with van der Waals surface area (Å²) in [4.78, 5) is 23.6. The summed E-state index contributed by atoms with van der Waals surface area (Å²) in [6, 6.07) is 12.2. The third kappa shape index (κ3) is 6.01. The second kappa shape index (κ2) is 9.31. The molecule has 0 aliphatic rings. The van der Waals surface area contributed by atoms with Crippen molar-refractivity contribution in [2.75, 3.05) is 32.8 Å². The van der Waals surface area contributed by atoms with Gasteiger partial charge in [-0.05, 0) is 19.1 Å². The maximum Gasteiger partial charge on any atom is 0.344 e. The molecule has 2 aromatic carbocycles. The van der Waals surface area contributed by atoms with Crippen LogP contribution >= 0.6 is 0 Å². The van der Waals surface area contributed by atoms with Gasteiger partial charge in [0.1, 0.15) is 17.2 Å². The number of benzene rings is 2. The SMILES string of the molecule is COc1cc(NC(=O)COC(=O)COc2ccc(C)cc2)cc(OC)c1. The molecule has 7 nitrogen and oxygen atoms in total. The Morgan fingerprint density at radius 2 is 1.50 bits per heavy atom. The minimum Gasteiger partial charge on any atom is -0.497 e. The first kappa shape index (κ1) is 19.1. The topological polar surface area (TPSA) is 83.1 Å². The number of esters is 1. The molecule has 0 unspecified atom stereocenters. The first-order chi connectivity index (χ1) is 12.5. The summed E-state index contributed by atoms with van der Waals surface area (Å²) in [6.45, 7) is 1.26. The molecule has 0 saturated heterocycles. The van der Waals surface area contributed by atoms with E-state index >= 15 is 0 Å². The maximum absolute atomic E-state index is 11.9. The van der Waals surface area contributed by atoms with Crippen molar-refractivity contribution >= 4 is 17.6 Å². The third-order valence-corrected chi connectivity index (χ3v) is 3.38. The molecule has 2 rings (SSSR count). The number of hydrogen-bond acceptors (Lipinski definition) is 6. The van der Waals surface area contributed by atoms with Gasteiger partial charge in [-0.15, -0.1) is 0 Å². The number of rotatable bonds is 8. The van der Waals surface area contributed by atoms with Crippen LogP contribution in [0.3, 0.4) is 0 Å². The van der Waals surface area contributed by atoms with Crippen molar-refractivity contribution in [3.63, 3.8) is 0 Å². The Labute approximate surface area is 151 Å². The van der Waals surface area contributed by atoms with Crippen LogP contribution in [0.25, 0.3) is 0 Å². The van der Waals surface area contributed by atoms with E-state index in [0.717, 1.165) is 5.56 Å². The zero-order valence-corrected chi connectivity index (χ0v) is 14.9. The van der Waals surface area contributed by atoms with E-state index in [0.29, 0.717) is 22.9 Å². The van der Waals surface area contributed by atoms with E-state index in [-0.39, 0.29) is 6.61 Å². The van der Waals surface area contributed by atoms with E-state index in [1.165, 1.54) is 14.2 Å². The highest BCUT2D eigenvalue weighted by Gasteiger charge is 2.10. The zero-order chi connectivity index (χ0) is 18.9. The van der Waals surface area contributed by atoms with Gasteiger partial charge in [0.2, 0.25) is 0 Å². The Kier molecular flexibility index (Phi) is 6.84. The van der Waals surface area contributed by atoms with Crippen LogP contribution in [0.15, 0.2) is 42.5 Å². The van der Waals surface area contributed by atoms with Crippen molar-refractivity contribution in [3.8, 4) is 17.2 Å². The number of carbonyl (C=O) groups excluding carboxylic acids is 2. The minimum absolute atomic E-state index is 0.274. The summed E-state index contributed by atoms with van der Waals surface area (Å²) < 4.78 is 20.4. The fraction of sp³-hybridized carbons (Fsp3) is 0.263. The number of ether oxygens (including phenoxy) is 4. The molecule has 0 fully saturated rings. The Bertz CT molecular complexity index is 735. The lowest BCUT2D eigenvalue weighted by Crippen LogP contribution is -2.23. The van der Waals surface area contributed by atoms with Gasteiger partial charge in [-0.25, -0.2) is 4.79 Å². The summed E-state index contributed by atoms with van der Waals surface area (Å²) >= 11 is 0. The van der Waals surface area contributed by atoms with E-state index in [1.807, 2.05) is 19.1 Å². The number of anilines is 1. The first-order valence-electron chi connectivity index (χ1n) is 7.88. The van der Waals surface area contributed by atoms with E-state index in [9.17, 15) is 9.59 Å². The lowest BCUT2D eigenvalue weighted by atomic mass is 10.2. The summed E-state index contributed by atoms with van der Waals surface area (Å²) in [6.07, 6.45) is 0. The lowest BCUT2D eigenvalue weighted by Gasteiger charge is -2.10. The van der Waals surface area contributed by atoms with Crippen LogP contribution in [0.4, 0.5) is 5.69 Å². The lowest BCUT2D eigenvalue weighted by molar-refractivity contribution is -0.149. The number of amides is 1. The predicted molar refractivity (Wildman–Crippen MR) is 95.8 cm³/mol. The summed E-state index contributed by atoms with van der Waals surface area (Å²) in [5, 5.41) is 2.61. The molecule has 2 aromatic rings. The van der Waals surface area contributed by atoms with Gasteiger partial charge in [0, 0.05) is 23.9 Å². The third-order valence-electron chi connectivity index (χ3n) is 3.38. The Morgan fingerprint density at radius 3 is 2.08 bits per heavy atom. The standard InChI is InChI=1S/C19H21NO6/c1-13-4-6-15(7-5-13)25-12-19(22)26-11-18(21)20-14-8-16(23-2)10-17(9-14)24-3/h4-10H,11-12H2,1-3H3,(H,20,21). The average molecular weight is 359 g/mol. The molecule has 0 aliphatic heterocycles. The maximum atomic E-state index is 11.9. The highest BCUT2D eigenvalue weighted by Crippen LogP contribution is 2.25. The number of nitrogens with one attached hydrogen (secondary N) is 1. The molecule has 1 N–H and O–H groups in total. The van der Waals surface area contributed by atoms with Gasteiger partial charge in [-0.2, -0.15) is 0 Å². The van der Waals surface area contributed by atoms with Crippen LogP contribution in [0.5, 0.6) is 17.2 Å². The Morgan fingerprint density at radius 1 is 0.885 bits per heavy atom. The number of carbonyl (C=O) groups is 2. The highest BCUT2D eigenvalue weighted by atomic mass is 16.6. The molecule has 0 saturated carbocycles. The molecule has 0 heterocycles. The second-order valence-corrected chi connectivity index (χ2v) is 5.41. The zero-order valence-electron chi connectivity index (χ0n) is 14.9. The number of hydrogen-bond donors (Lipinski definition) is 1. The first-order valence-corrected chi connectivity index (χ1v) is 7.88. The van der Waals surface area contributed by atoms with Gasteiger partial charge in [0.15, 0.2) is 13.2 Å². The summed E-state index contributed by atoms with van der Waals surface area (Å²) in [5.74, 6) is 0.500. The van der Waals surface area contributed by atoms with Gasteiger partial charge in [0.25, 0.3) is 5.91 Å². The van der Waals surface area contributed by atoms with Crippen molar-refractivity contribution in [1.82, 2.24) is 0 Å². The average Bonchev–Trinajstić information content (AvgIpc) is 2.65. The molecule has 0 aliphatic carbocycles. The number of aryl methyl sites for hydroxylation is 1. The van der Waals surface area contributed by atoms with Gasteiger partial charge < -0.3 is 24.3 Å². The quantitative estimate of drug-likeness (QED) is 0.730. The Balaban J connectivity index is 1.79. The molecular weight excluding hydrogens is 338 g/mol. The largest absolute Gasteiger partial charge is 0.497 e. The fourth-order valence-corrected chi connectivity index (χ4v) is 2.04. The van der Waals surface area contributed by atoms with Gasteiger partial charge in [-0.1, -0.05) is 17.7 Å². The molecular formula is C19H21NO6.